The van der Waals surface area contributed by atoms with Gasteiger partial charge in [0.15, 0.2) is 0 Å². The minimum absolute atomic E-state index is 0.0123. The van der Waals surface area contributed by atoms with Gasteiger partial charge in [-0.3, -0.25) is 0 Å². The van der Waals surface area contributed by atoms with Crippen LogP contribution < -0.4 is 4.74 Å². The largest absolute Gasteiger partial charge is 0.496 e. The molecule has 1 saturated heterocycles. The van der Waals surface area contributed by atoms with Gasteiger partial charge in [0.05, 0.1) is 18.1 Å². The fraction of sp³-hybridized carbons (Fsp3) is 0.667. The number of nitrogens with zero attached hydrogens (tertiary/aromatic N) is 1. The fourth-order valence-electron chi connectivity index (χ4n) is 4.42. The van der Waals surface area contributed by atoms with Gasteiger partial charge in [0, 0.05) is 25.6 Å². The van der Waals surface area contributed by atoms with Crippen molar-refractivity contribution >= 4 is 10.0 Å². The first-order valence-electron chi connectivity index (χ1n) is 8.60. The van der Waals surface area contributed by atoms with E-state index in [4.69, 9.17) is 9.47 Å². The molecule has 0 radical (unpaired) electrons. The van der Waals surface area contributed by atoms with Gasteiger partial charge in [-0.05, 0) is 56.4 Å². The zero-order valence-electron chi connectivity index (χ0n) is 14.7. The number of methoxy groups -OCH3 is 2. The second kappa shape index (κ2) is 6.65. The maximum Gasteiger partial charge on any atom is 0.243 e. The van der Waals surface area contributed by atoms with Gasteiger partial charge >= 0.3 is 0 Å². The Morgan fingerprint density at radius 3 is 2.62 bits per heavy atom. The average molecular weight is 353 g/mol. The summed E-state index contributed by atoms with van der Waals surface area (Å²) in [4.78, 5) is 0.352. The SMILES string of the molecule is COc1ccc(S(=O)(=O)N2CCC[C@]3(CCC[C@H]3OC)C2)cc1C. The lowest BCUT2D eigenvalue weighted by Gasteiger charge is -2.43. The van der Waals surface area contributed by atoms with Crippen molar-refractivity contribution in [3.63, 3.8) is 0 Å². The third-order valence-electron chi connectivity index (χ3n) is 5.69. The fourth-order valence-corrected chi connectivity index (χ4v) is 6.08. The highest BCUT2D eigenvalue weighted by Crippen LogP contribution is 2.47. The summed E-state index contributed by atoms with van der Waals surface area (Å²) in [5.41, 5.74) is 0.822. The lowest BCUT2D eigenvalue weighted by atomic mass is 9.77. The smallest absolute Gasteiger partial charge is 0.243 e. The van der Waals surface area contributed by atoms with E-state index in [1.807, 2.05) is 6.92 Å². The van der Waals surface area contributed by atoms with Crippen LogP contribution in [0.2, 0.25) is 0 Å². The van der Waals surface area contributed by atoms with Crippen molar-refractivity contribution in [1.82, 2.24) is 4.31 Å². The van der Waals surface area contributed by atoms with Crippen LogP contribution in [0.15, 0.2) is 23.1 Å². The molecule has 1 aliphatic heterocycles. The van der Waals surface area contributed by atoms with Crippen molar-refractivity contribution in [1.29, 1.82) is 0 Å². The highest BCUT2D eigenvalue weighted by molar-refractivity contribution is 7.89. The van der Waals surface area contributed by atoms with E-state index in [-0.39, 0.29) is 11.5 Å². The molecule has 0 bridgehead atoms. The molecular weight excluding hydrogens is 326 g/mol. The van der Waals surface area contributed by atoms with E-state index in [1.54, 1.807) is 36.7 Å². The van der Waals surface area contributed by atoms with E-state index < -0.39 is 10.0 Å². The van der Waals surface area contributed by atoms with Gasteiger partial charge in [0.1, 0.15) is 5.75 Å². The molecule has 0 amide bonds. The summed E-state index contributed by atoms with van der Waals surface area (Å²) in [5, 5.41) is 0. The van der Waals surface area contributed by atoms with E-state index >= 15 is 0 Å². The van der Waals surface area contributed by atoms with Crippen molar-refractivity contribution in [2.24, 2.45) is 5.41 Å². The van der Waals surface area contributed by atoms with Crippen LogP contribution in [0.25, 0.3) is 0 Å². The molecule has 2 aliphatic rings. The summed E-state index contributed by atoms with van der Waals surface area (Å²) in [6.07, 6.45) is 5.33. The maximum atomic E-state index is 13.1. The Morgan fingerprint density at radius 1 is 1.21 bits per heavy atom. The number of hydrogen-bond donors (Lipinski definition) is 0. The zero-order valence-corrected chi connectivity index (χ0v) is 15.6. The lowest BCUT2D eigenvalue weighted by Crippen LogP contribution is -2.49. The number of hydrogen-bond acceptors (Lipinski definition) is 4. The average Bonchev–Trinajstić information content (AvgIpc) is 2.96. The van der Waals surface area contributed by atoms with Crippen LogP contribution in [0.3, 0.4) is 0 Å². The Morgan fingerprint density at radius 2 is 1.96 bits per heavy atom. The van der Waals surface area contributed by atoms with Gasteiger partial charge in [-0.25, -0.2) is 8.42 Å². The van der Waals surface area contributed by atoms with Crippen LogP contribution >= 0.6 is 0 Å². The van der Waals surface area contributed by atoms with E-state index in [0.29, 0.717) is 23.7 Å². The molecule has 134 valence electrons. The third kappa shape index (κ3) is 2.95. The molecule has 0 unspecified atom stereocenters. The van der Waals surface area contributed by atoms with Gasteiger partial charge in [0.2, 0.25) is 10.0 Å². The van der Waals surface area contributed by atoms with Gasteiger partial charge in [-0.2, -0.15) is 4.31 Å². The summed E-state index contributed by atoms with van der Waals surface area (Å²) in [6, 6.07) is 5.08. The molecule has 1 aromatic carbocycles. The highest BCUT2D eigenvalue weighted by Gasteiger charge is 2.48. The van der Waals surface area contributed by atoms with Crippen molar-refractivity contribution < 1.29 is 17.9 Å². The quantitative estimate of drug-likeness (QED) is 0.835. The highest BCUT2D eigenvalue weighted by atomic mass is 32.2. The van der Waals surface area contributed by atoms with E-state index in [2.05, 4.69) is 0 Å². The minimum atomic E-state index is -3.48. The van der Waals surface area contributed by atoms with E-state index in [1.165, 1.54) is 0 Å². The normalized spacial score (nSPS) is 28.4. The molecule has 2 fully saturated rings. The molecule has 1 aromatic rings. The minimum Gasteiger partial charge on any atom is -0.496 e. The molecule has 1 saturated carbocycles. The topological polar surface area (TPSA) is 55.8 Å². The van der Waals surface area contributed by atoms with Crippen molar-refractivity contribution in [3.05, 3.63) is 23.8 Å². The molecule has 0 N–H and O–H groups in total. The molecule has 3 rings (SSSR count). The summed E-state index contributed by atoms with van der Waals surface area (Å²) < 4.78 is 38.8. The Labute approximate surface area is 145 Å². The molecule has 5 nitrogen and oxygen atoms in total. The number of aryl methyl sites for hydroxylation is 1. The van der Waals surface area contributed by atoms with Crippen molar-refractivity contribution in [2.75, 3.05) is 27.3 Å². The number of rotatable bonds is 4. The van der Waals surface area contributed by atoms with Crippen molar-refractivity contribution in [3.8, 4) is 5.75 Å². The van der Waals surface area contributed by atoms with Crippen LogP contribution in [0.5, 0.6) is 5.75 Å². The zero-order chi connectivity index (χ0) is 17.4. The van der Waals surface area contributed by atoms with E-state index in [9.17, 15) is 8.42 Å². The first-order chi connectivity index (χ1) is 11.4. The van der Waals surface area contributed by atoms with Crippen LogP contribution in [-0.4, -0.2) is 46.1 Å². The molecule has 2 atom stereocenters. The maximum absolute atomic E-state index is 13.1. The van der Waals surface area contributed by atoms with Gasteiger partial charge in [-0.1, -0.05) is 6.42 Å². The summed E-state index contributed by atoms with van der Waals surface area (Å²) >= 11 is 0. The number of piperidine rings is 1. The van der Waals surface area contributed by atoms with Crippen LogP contribution in [0, 0.1) is 12.3 Å². The first-order valence-corrected chi connectivity index (χ1v) is 10.0. The third-order valence-corrected chi connectivity index (χ3v) is 7.53. The molecule has 24 heavy (non-hydrogen) atoms. The standard InChI is InChI=1S/C18H27NO4S/c1-14-12-15(7-8-16(14)22-2)24(20,21)19-11-5-10-18(13-19)9-4-6-17(18)23-3/h7-8,12,17H,4-6,9-11,13H2,1-3H3/t17-,18-/m1/s1. The monoisotopic (exact) mass is 353 g/mol. The molecule has 0 aromatic heterocycles. The Hall–Kier alpha value is -1.11. The summed E-state index contributed by atoms with van der Waals surface area (Å²) in [7, 11) is -0.141. The molecule has 1 aliphatic carbocycles. The Kier molecular flexibility index (Phi) is 4.91. The molecule has 1 spiro atoms. The van der Waals surface area contributed by atoms with Crippen molar-refractivity contribution in [2.45, 2.75) is 50.0 Å². The molecular formula is C18H27NO4S. The van der Waals surface area contributed by atoms with E-state index in [0.717, 1.165) is 37.7 Å². The van der Waals surface area contributed by atoms with Gasteiger partial charge in [-0.15, -0.1) is 0 Å². The van der Waals surface area contributed by atoms with Gasteiger partial charge < -0.3 is 9.47 Å². The second-order valence-corrected chi connectivity index (χ2v) is 8.99. The number of ether oxygens (including phenoxy) is 2. The van der Waals surface area contributed by atoms with Crippen LogP contribution in [-0.2, 0) is 14.8 Å². The Balaban J connectivity index is 1.88. The lowest BCUT2D eigenvalue weighted by molar-refractivity contribution is -0.0184. The predicted octanol–water partition coefficient (Wildman–Crippen LogP) is 2.97. The molecule has 6 heteroatoms. The summed E-state index contributed by atoms with van der Waals surface area (Å²) in [5.74, 6) is 0.708. The van der Waals surface area contributed by atoms with Crippen LogP contribution in [0.4, 0.5) is 0 Å². The second-order valence-electron chi connectivity index (χ2n) is 7.05. The first kappa shape index (κ1) is 17.7. The number of sulfonamides is 1. The Bertz CT molecular complexity index is 703. The van der Waals surface area contributed by atoms with Crippen LogP contribution in [0.1, 0.15) is 37.7 Å². The number of benzene rings is 1. The summed E-state index contributed by atoms with van der Waals surface area (Å²) in [6.45, 7) is 3.03. The van der Waals surface area contributed by atoms with Gasteiger partial charge in [0.25, 0.3) is 0 Å². The predicted molar refractivity (Wildman–Crippen MR) is 92.8 cm³/mol. The molecule has 1 heterocycles.